The van der Waals surface area contributed by atoms with Gasteiger partial charge in [0.15, 0.2) is 12.2 Å². The number of carbonyl (C=O) groups excluding carboxylic acids is 4. The highest BCUT2D eigenvalue weighted by atomic mass is 79.9. The average Bonchev–Trinajstić information content (AvgIpc) is 2.70. The molecule has 1 N–H and O–H groups in total. The van der Waals surface area contributed by atoms with Gasteiger partial charge in [-0.1, -0.05) is 28.1 Å². The molecular weight excluding hydrogens is 490 g/mol. The Morgan fingerprint density at radius 3 is 2.03 bits per heavy atom. The molecule has 1 aromatic rings. The second-order valence-corrected chi connectivity index (χ2v) is 7.68. The fourth-order valence-electron chi connectivity index (χ4n) is 3.18. The predicted octanol–water partition coefficient (Wildman–Crippen LogP) is 1.62. The Kier molecular flexibility index (Phi) is 9.45. The van der Waals surface area contributed by atoms with Crippen LogP contribution in [-0.2, 0) is 43.5 Å². The van der Waals surface area contributed by atoms with Gasteiger partial charge in [0, 0.05) is 33.0 Å². The lowest BCUT2D eigenvalue weighted by Gasteiger charge is -2.44. The van der Waals surface area contributed by atoms with E-state index in [0.717, 1.165) is 5.56 Å². The number of alkyl halides is 1. The molecule has 1 saturated heterocycles. The van der Waals surface area contributed by atoms with Gasteiger partial charge in [0.2, 0.25) is 12.2 Å². The Bertz CT molecular complexity index is 829. The third-order valence-corrected chi connectivity index (χ3v) is 5.05. The molecule has 1 aliphatic rings. The molecule has 1 aliphatic heterocycles. The van der Waals surface area contributed by atoms with Gasteiger partial charge in [-0.25, -0.2) is 0 Å². The van der Waals surface area contributed by atoms with Crippen molar-refractivity contribution in [1.29, 1.82) is 0 Å². The molecule has 1 aromatic carbocycles. The number of rotatable bonds is 8. The van der Waals surface area contributed by atoms with Crippen LogP contribution >= 0.6 is 15.9 Å². The zero-order valence-electron chi connectivity index (χ0n) is 18.2. The van der Waals surface area contributed by atoms with Crippen molar-refractivity contribution in [3.8, 4) is 5.75 Å². The second-order valence-electron chi connectivity index (χ2n) is 7.12. The summed E-state index contributed by atoms with van der Waals surface area (Å²) in [7, 11) is 0. The first kappa shape index (κ1) is 25.6. The maximum absolute atomic E-state index is 11.9. The molecular formula is C21H26BrNO9. The van der Waals surface area contributed by atoms with Crippen molar-refractivity contribution < 1.29 is 42.9 Å². The maximum Gasteiger partial charge on any atom is 0.303 e. The summed E-state index contributed by atoms with van der Waals surface area (Å²) in [5.74, 6) is -1.94. The van der Waals surface area contributed by atoms with Crippen molar-refractivity contribution in [3.05, 3.63) is 29.8 Å². The maximum atomic E-state index is 11.9. The molecule has 1 heterocycles. The number of carbonyl (C=O) groups is 4. The molecule has 10 nitrogen and oxygen atoms in total. The van der Waals surface area contributed by atoms with E-state index in [1.807, 2.05) is 12.1 Å². The van der Waals surface area contributed by atoms with E-state index in [1.54, 1.807) is 12.1 Å². The molecule has 176 valence electrons. The van der Waals surface area contributed by atoms with Crippen molar-refractivity contribution >= 4 is 39.7 Å². The minimum Gasteiger partial charge on any atom is -0.463 e. The summed E-state index contributed by atoms with van der Waals surface area (Å²) in [5, 5.41) is 3.30. The summed E-state index contributed by atoms with van der Waals surface area (Å²) in [6.07, 6.45) is -4.50. The molecule has 32 heavy (non-hydrogen) atoms. The first-order valence-corrected chi connectivity index (χ1v) is 10.9. The number of ether oxygens (including phenoxy) is 5. The van der Waals surface area contributed by atoms with Gasteiger partial charge in [-0.15, -0.1) is 0 Å². The number of nitrogens with one attached hydrogen (secondary N) is 1. The molecule has 0 spiro atoms. The lowest BCUT2D eigenvalue weighted by Crippen LogP contribution is -2.67. The molecule has 1 fully saturated rings. The van der Waals surface area contributed by atoms with E-state index in [1.165, 1.54) is 27.7 Å². The molecule has 0 aliphatic carbocycles. The van der Waals surface area contributed by atoms with Gasteiger partial charge in [0.1, 0.15) is 24.5 Å². The Morgan fingerprint density at radius 1 is 0.938 bits per heavy atom. The molecule has 0 saturated carbocycles. The fourth-order valence-corrected chi connectivity index (χ4v) is 3.56. The first-order chi connectivity index (χ1) is 15.1. The van der Waals surface area contributed by atoms with Crippen LogP contribution in [0.5, 0.6) is 5.75 Å². The predicted molar refractivity (Wildman–Crippen MR) is 114 cm³/mol. The molecule has 1 amide bonds. The minimum absolute atomic E-state index is 0.291. The zero-order valence-corrected chi connectivity index (χ0v) is 19.7. The Balaban J connectivity index is 2.42. The lowest BCUT2D eigenvalue weighted by atomic mass is 9.96. The molecule has 11 heteroatoms. The first-order valence-electron chi connectivity index (χ1n) is 9.82. The SMILES string of the molecule is CC(=O)NC1C(OC(C)=O)[C@H](OC(C)=O)C(COC(C)=O)O[C@H]1Oc1ccc(CBr)cc1. The van der Waals surface area contributed by atoms with Crippen LogP contribution in [0.1, 0.15) is 33.3 Å². The quantitative estimate of drug-likeness (QED) is 0.312. The molecule has 0 bridgehead atoms. The Labute approximate surface area is 194 Å². The number of esters is 3. The highest BCUT2D eigenvalue weighted by Crippen LogP contribution is 2.29. The van der Waals surface area contributed by atoms with Crippen LogP contribution in [0.4, 0.5) is 0 Å². The standard InChI is InChI=1S/C21H26BrNO9/c1-11(24)23-18-20(30-14(4)27)19(29-13(3)26)17(10-28-12(2)25)32-21(18)31-16-7-5-15(9-22)6-8-16/h5-8,17-21H,9-10H2,1-4H3,(H,23,24)/t17?,18?,19-,20?,21-/m1/s1. The molecule has 0 aromatic heterocycles. The summed E-state index contributed by atoms with van der Waals surface area (Å²) >= 11 is 3.37. The summed E-state index contributed by atoms with van der Waals surface area (Å²) < 4.78 is 27.7. The van der Waals surface area contributed by atoms with Crippen molar-refractivity contribution in [2.75, 3.05) is 6.61 Å². The van der Waals surface area contributed by atoms with Crippen LogP contribution in [0.3, 0.4) is 0 Å². The third-order valence-electron chi connectivity index (χ3n) is 4.40. The van der Waals surface area contributed by atoms with Gasteiger partial charge in [-0.2, -0.15) is 0 Å². The van der Waals surface area contributed by atoms with Gasteiger partial charge in [0.25, 0.3) is 0 Å². The highest BCUT2D eigenvalue weighted by molar-refractivity contribution is 9.08. The Morgan fingerprint density at radius 2 is 1.53 bits per heavy atom. The van der Waals surface area contributed by atoms with Crippen LogP contribution in [0.25, 0.3) is 0 Å². The van der Waals surface area contributed by atoms with Crippen molar-refractivity contribution in [2.45, 2.75) is 63.7 Å². The van der Waals surface area contributed by atoms with E-state index in [9.17, 15) is 19.2 Å². The van der Waals surface area contributed by atoms with Crippen LogP contribution < -0.4 is 10.1 Å². The summed E-state index contributed by atoms with van der Waals surface area (Å²) in [6.45, 7) is 4.56. The number of halogens is 1. The molecule has 3 unspecified atom stereocenters. The summed E-state index contributed by atoms with van der Waals surface area (Å²) in [4.78, 5) is 46.8. The Hall–Kier alpha value is -2.66. The third kappa shape index (κ3) is 7.49. The van der Waals surface area contributed by atoms with E-state index in [2.05, 4.69) is 21.2 Å². The van der Waals surface area contributed by atoms with E-state index >= 15 is 0 Å². The van der Waals surface area contributed by atoms with Crippen molar-refractivity contribution in [1.82, 2.24) is 5.32 Å². The van der Waals surface area contributed by atoms with Gasteiger partial charge < -0.3 is 29.0 Å². The van der Waals surface area contributed by atoms with Crippen LogP contribution in [0.2, 0.25) is 0 Å². The number of amides is 1. The van der Waals surface area contributed by atoms with Gasteiger partial charge in [-0.3, -0.25) is 19.2 Å². The average molecular weight is 516 g/mol. The van der Waals surface area contributed by atoms with E-state index in [4.69, 9.17) is 23.7 Å². The monoisotopic (exact) mass is 515 g/mol. The van der Waals surface area contributed by atoms with Crippen LogP contribution in [0, 0.1) is 0 Å². The number of hydrogen-bond acceptors (Lipinski definition) is 9. The summed E-state index contributed by atoms with van der Waals surface area (Å²) in [6, 6.07) is 6.07. The van der Waals surface area contributed by atoms with Gasteiger partial charge >= 0.3 is 17.9 Å². The highest BCUT2D eigenvalue weighted by Gasteiger charge is 2.51. The summed E-state index contributed by atoms with van der Waals surface area (Å²) in [5.41, 5.74) is 1.01. The number of hydrogen-bond donors (Lipinski definition) is 1. The fraction of sp³-hybridized carbons (Fsp3) is 0.524. The lowest BCUT2D eigenvalue weighted by molar-refractivity contribution is -0.257. The largest absolute Gasteiger partial charge is 0.463 e. The van der Waals surface area contributed by atoms with Crippen molar-refractivity contribution in [2.24, 2.45) is 0 Å². The van der Waals surface area contributed by atoms with Gasteiger partial charge in [-0.05, 0) is 17.7 Å². The van der Waals surface area contributed by atoms with Crippen molar-refractivity contribution in [3.63, 3.8) is 0 Å². The van der Waals surface area contributed by atoms with E-state index in [-0.39, 0.29) is 6.61 Å². The van der Waals surface area contributed by atoms with Gasteiger partial charge in [0.05, 0.1) is 0 Å². The normalized spacial score (nSPS) is 24.7. The zero-order chi connectivity index (χ0) is 23.8. The number of benzene rings is 1. The van der Waals surface area contributed by atoms with E-state index < -0.39 is 54.5 Å². The van der Waals surface area contributed by atoms with Crippen LogP contribution in [-0.4, -0.2) is 61.1 Å². The van der Waals surface area contributed by atoms with E-state index in [0.29, 0.717) is 11.1 Å². The molecule has 5 atom stereocenters. The topological polar surface area (TPSA) is 126 Å². The van der Waals surface area contributed by atoms with Crippen LogP contribution in [0.15, 0.2) is 24.3 Å². The molecule has 0 radical (unpaired) electrons. The smallest absolute Gasteiger partial charge is 0.303 e. The second kappa shape index (κ2) is 11.8. The molecule has 2 rings (SSSR count). The minimum atomic E-state index is -1.17.